The lowest BCUT2D eigenvalue weighted by Gasteiger charge is -1.93. The van der Waals surface area contributed by atoms with Crippen molar-refractivity contribution in [2.24, 2.45) is 7.05 Å². The summed E-state index contributed by atoms with van der Waals surface area (Å²) in [6.45, 7) is 0. The molecular weight excluding hydrogens is 142 g/mol. The molecule has 1 N–H and O–H groups in total. The first-order valence-electron chi connectivity index (χ1n) is 3.25. The van der Waals surface area contributed by atoms with E-state index >= 15 is 0 Å². The smallest absolute Gasteiger partial charge is 0.222 e. The van der Waals surface area contributed by atoms with Gasteiger partial charge in [0.2, 0.25) is 5.88 Å². The number of pyridine rings is 1. The summed E-state index contributed by atoms with van der Waals surface area (Å²) in [6.07, 6.45) is 3.15. The maximum atomic E-state index is 9.22. The average molecular weight is 149 g/mol. The summed E-state index contributed by atoms with van der Waals surface area (Å²) >= 11 is 0. The van der Waals surface area contributed by atoms with Gasteiger partial charge in [-0.3, -0.25) is 4.68 Å². The van der Waals surface area contributed by atoms with Crippen LogP contribution >= 0.6 is 0 Å². The highest BCUT2D eigenvalue weighted by Crippen LogP contribution is 2.19. The van der Waals surface area contributed by atoms with Crippen molar-refractivity contribution in [1.29, 1.82) is 0 Å². The predicted octanol–water partition coefficient (Wildman–Crippen LogP) is 0.674. The van der Waals surface area contributed by atoms with E-state index < -0.39 is 0 Å². The monoisotopic (exact) mass is 149 g/mol. The zero-order valence-electron chi connectivity index (χ0n) is 6.02. The second kappa shape index (κ2) is 1.95. The standard InChI is InChI=1S/C7H7N3O/c1-10-6-2-3-8-7(11)5(6)4-9-10/h2-4H,1H3,(H,8,11). The fourth-order valence-electron chi connectivity index (χ4n) is 1.06. The van der Waals surface area contributed by atoms with Gasteiger partial charge >= 0.3 is 0 Å². The Balaban J connectivity index is 2.94. The van der Waals surface area contributed by atoms with Gasteiger partial charge in [0.15, 0.2) is 0 Å². The summed E-state index contributed by atoms with van der Waals surface area (Å²) < 4.78 is 1.69. The molecular formula is C7H7N3O. The minimum absolute atomic E-state index is 0.0376. The average Bonchev–Trinajstić information content (AvgIpc) is 2.35. The van der Waals surface area contributed by atoms with Crippen LogP contribution < -0.4 is 0 Å². The van der Waals surface area contributed by atoms with E-state index in [1.165, 1.54) is 0 Å². The van der Waals surface area contributed by atoms with E-state index in [2.05, 4.69) is 10.1 Å². The Labute approximate surface area is 63.1 Å². The molecule has 2 rings (SSSR count). The molecule has 0 bridgehead atoms. The molecule has 0 saturated carbocycles. The maximum absolute atomic E-state index is 9.22. The van der Waals surface area contributed by atoms with Crippen LogP contribution in [0.1, 0.15) is 0 Å². The molecule has 0 fully saturated rings. The zero-order chi connectivity index (χ0) is 7.84. The molecule has 56 valence electrons. The van der Waals surface area contributed by atoms with E-state index in [0.717, 1.165) is 5.52 Å². The minimum atomic E-state index is 0.0376. The molecule has 4 nitrogen and oxygen atoms in total. The zero-order valence-corrected chi connectivity index (χ0v) is 6.02. The van der Waals surface area contributed by atoms with Gasteiger partial charge in [0.1, 0.15) is 0 Å². The highest BCUT2D eigenvalue weighted by molar-refractivity contribution is 5.82. The first-order valence-corrected chi connectivity index (χ1v) is 3.25. The molecule has 0 spiro atoms. The molecule has 0 aromatic carbocycles. The van der Waals surface area contributed by atoms with E-state index in [1.54, 1.807) is 17.1 Å². The van der Waals surface area contributed by atoms with Crippen LogP contribution in [0, 0.1) is 0 Å². The third-order valence-electron chi connectivity index (χ3n) is 1.65. The number of hydrogen-bond donors (Lipinski definition) is 1. The van der Waals surface area contributed by atoms with E-state index in [1.807, 2.05) is 13.1 Å². The Morgan fingerprint density at radius 3 is 3.09 bits per heavy atom. The fourth-order valence-corrected chi connectivity index (χ4v) is 1.06. The number of rotatable bonds is 0. The van der Waals surface area contributed by atoms with Crippen LogP contribution in [0.5, 0.6) is 5.88 Å². The van der Waals surface area contributed by atoms with Crippen molar-refractivity contribution in [3.05, 3.63) is 18.5 Å². The molecule has 2 aromatic rings. The number of nitrogens with zero attached hydrogens (tertiary/aromatic N) is 3. The van der Waals surface area contributed by atoms with Crippen LogP contribution in [-0.2, 0) is 7.05 Å². The molecule has 0 radical (unpaired) electrons. The number of aromatic hydroxyl groups is 1. The number of hydrogen-bond acceptors (Lipinski definition) is 3. The molecule has 11 heavy (non-hydrogen) atoms. The molecule has 0 saturated heterocycles. The van der Waals surface area contributed by atoms with Gasteiger partial charge in [-0.25, -0.2) is 4.98 Å². The van der Waals surface area contributed by atoms with Gasteiger partial charge in [-0.15, -0.1) is 0 Å². The quantitative estimate of drug-likeness (QED) is 0.599. The fraction of sp³-hybridized carbons (Fsp3) is 0.143. The van der Waals surface area contributed by atoms with Crippen LogP contribution in [0.25, 0.3) is 10.9 Å². The number of aromatic nitrogens is 3. The Morgan fingerprint density at radius 2 is 2.36 bits per heavy atom. The topological polar surface area (TPSA) is 50.9 Å². The Kier molecular flexibility index (Phi) is 1.09. The molecule has 2 aromatic heterocycles. The molecule has 0 atom stereocenters. The normalized spacial score (nSPS) is 10.6. The highest BCUT2D eigenvalue weighted by atomic mass is 16.3. The predicted molar refractivity (Wildman–Crippen MR) is 40.2 cm³/mol. The Bertz CT molecular complexity index is 393. The van der Waals surface area contributed by atoms with Crippen LogP contribution in [0.4, 0.5) is 0 Å². The molecule has 0 aliphatic heterocycles. The van der Waals surface area contributed by atoms with Crippen LogP contribution in [-0.4, -0.2) is 19.9 Å². The van der Waals surface area contributed by atoms with Gasteiger partial charge in [-0.2, -0.15) is 5.10 Å². The van der Waals surface area contributed by atoms with Gasteiger partial charge in [0.25, 0.3) is 0 Å². The van der Waals surface area contributed by atoms with Crippen LogP contribution in [0.3, 0.4) is 0 Å². The van der Waals surface area contributed by atoms with Crippen LogP contribution in [0.2, 0.25) is 0 Å². The van der Waals surface area contributed by atoms with Crippen molar-refractivity contribution in [2.45, 2.75) is 0 Å². The summed E-state index contributed by atoms with van der Waals surface area (Å²) in [4.78, 5) is 3.72. The Morgan fingerprint density at radius 1 is 1.55 bits per heavy atom. The first-order chi connectivity index (χ1) is 5.29. The Hall–Kier alpha value is -1.58. The van der Waals surface area contributed by atoms with E-state index in [0.29, 0.717) is 5.39 Å². The molecule has 2 heterocycles. The van der Waals surface area contributed by atoms with Crippen molar-refractivity contribution >= 4 is 10.9 Å². The largest absolute Gasteiger partial charge is 0.493 e. The van der Waals surface area contributed by atoms with Gasteiger partial charge in [0, 0.05) is 13.2 Å². The molecule has 0 aliphatic rings. The number of aryl methyl sites for hydroxylation is 1. The molecule has 0 unspecified atom stereocenters. The van der Waals surface area contributed by atoms with E-state index in [4.69, 9.17) is 0 Å². The summed E-state index contributed by atoms with van der Waals surface area (Å²) in [5.41, 5.74) is 0.887. The summed E-state index contributed by atoms with van der Waals surface area (Å²) in [6, 6.07) is 1.81. The third kappa shape index (κ3) is 0.756. The summed E-state index contributed by atoms with van der Waals surface area (Å²) in [5, 5.41) is 13.9. The first kappa shape index (κ1) is 6.15. The van der Waals surface area contributed by atoms with E-state index in [-0.39, 0.29) is 5.88 Å². The lowest BCUT2D eigenvalue weighted by atomic mass is 10.3. The van der Waals surface area contributed by atoms with Crippen molar-refractivity contribution < 1.29 is 5.11 Å². The van der Waals surface area contributed by atoms with E-state index in [9.17, 15) is 5.11 Å². The SMILES string of the molecule is Cn1ncc2c(O)nccc21. The molecule has 4 heteroatoms. The molecule has 0 aliphatic carbocycles. The van der Waals surface area contributed by atoms with Crippen molar-refractivity contribution in [3.8, 4) is 5.88 Å². The van der Waals surface area contributed by atoms with Gasteiger partial charge in [-0.1, -0.05) is 0 Å². The van der Waals surface area contributed by atoms with Crippen molar-refractivity contribution in [1.82, 2.24) is 14.8 Å². The second-order valence-electron chi connectivity index (χ2n) is 2.34. The minimum Gasteiger partial charge on any atom is -0.493 e. The lowest BCUT2D eigenvalue weighted by molar-refractivity contribution is 0.460. The van der Waals surface area contributed by atoms with Gasteiger partial charge < -0.3 is 5.11 Å². The van der Waals surface area contributed by atoms with Crippen LogP contribution in [0.15, 0.2) is 18.5 Å². The summed E-state index contributed by atoms with van der Waals surface area (Å²) in [5.74, 6) is 0.0376. The number of fused-ring (bicyclic) bond motifs is 1. The summed E-state index contributed by atoms with van der Waals surface area (Å²) in [7, 11) is 1.82. The van der Waals surface area contributed by atoms with Crippen molar-refractivity contribution in [3.63, 3.8) is 0 Å². The molecule has 0 amide bonds. The highest BCUT2D eigenvalue weighted by Gasteiger charge is 2.02. The third-order valence-corrected chi connectivity index (χ3v) is 1.65. The maximum Gasteiger partial charge on any atom is 0.222 e. The lowest BCUT2D eigenvalue weighted by Crippen LogP contribution is -1.88. The second-order valence-corrected chi connectivity index (χ2v) is 2.34. The van der Waals surface area contributed by atoms with Gasteiger partial charge in [-0.05, 0) is 6.07 Å². The van der Waals surface area contributed by atoms with Crippen molar-refractivity contribution in [2.75, 3.05) is 0 Å². The van der Waals surface area contributed by atoms with Gasteiger partial charge in [0.05, 0.1) is 17.1 Å².